The number of hydrogen-bond donors (Lipinski definition) is 2. The van der Waals surface area contributed by atoms with Gasteiger partial charge >= 0.3 is 0 Å². The minimum Gasteiger partial charge on any atom is -0.484 e. The Morgan fingerprint density at radius 2 is 2.04 bits per heavy atom. The number of amides is 2. The zero-order valence-corrected chi connectivity index (χ0v) is 14.9. The molecule has 0 spiro atoms. The second kappa shape index (κ2) is 8.82. The molecule has 138 valence electrons. The van der Waals surface area contributed by atoms with Gasteiger partial charge in [0.2, 0.25) is 5.91 Å². The van der Waals surface area contributed by atoms with Crippen molar-refractivity contribution in [3.05, 3.63) is 29.8 Å². The molecule has 1 aliphatic heterocycles. The van der Waals surface area contributed by atoms with Gasteiger partial charge in [-0.25, -0.2) is 0 Å². The van der Waals surface area contributed by atoms with Gasteiger partial charge in [-0.05, 0) is 30.5 Å². The summed E-state index contributed by atoms with van der Waals surface area (Å²) in [7, 11) is 3.36. The number of likely N-dealkylation sites (N-methyl/N-ethyl adjacent to an activating group) is 1. The maximum Gasteiger partial charge on any atom is 0.259 e. The molecular formula is C18H27N3O4. The van der Waals surface area contributed by atoms with Gasteiger partial charge in [-0.1, -0.05) is 12.1 Å². The van der Waals surface area contributed by atoms with Crippen molar-refractivity contribution in [1.29, 1.82) is 0 Å². The van der Waals surface area contributed by atoms with E-state index in [1.54, 1.807) is 20.2 Å². The van der Waals surface area contributed by atoms with Crippen molar-refractivity contribution in [2.45, 2.75) is 19.4 Å². The van der Waals surface area contributed by atoms with Crippen LogP contribution in [0.1, 0.15) is 18.4 Å². The molecule has 1 heterocycles. The maximum atomic E-state index is 12.6. The number of rotatable bonds is 7. The topological polar surface area (TPSA) is 93.9 Å². The number of ether oxygens (including phenoxy) is 2. The molecule has 3 N–H and O–H groups in total. The molecule has 1 fully saturated rings. The van der Waals surface area contributed by atoms with E-state index in [2.05, 4.69) is 5.32 Å². The lowest BCUT2D eigenvalue weighted by Crippen LogP contribution is -2.48. The lowest BCUT2D eigenvalue weighted by atomic mass is 9.79. The third-order valence-electron chi connectivity index (χ3n) is 4.53. The Morgan fingerprint density at radius 1 is 1.32 bits per heavy atom. The molecule has 2 amide bonds. The number of carbonyl (C=O) groups excluding carboxylic acids is 2. The van der Waals surface area contributed by atoms with Gasteiger partial charge in [0.1, 0.15) is 5.75 Å². The van der Waals surface area contributed by atoms with Crippen LogP contribution in [0.5, 0.6) is 5.75 Å². The molecule has 0 atom stereocenters. The Kier molecular flexibility index (Phi) is 6.78. The van der Waals surface area contributed by atoms with Crippen LogP contribution in [0.4, 0.5) is 0 Å². The lowest BCUT2D eigenvalue weighted by molar-refractivity contribution is -0.136. The van der Waals surface area contributed by atoms with Gasteiger partial charge in [-0.2, -0.15) is 0 Å². The third-order valence-corrected chi connectivity index (χ3v) is 4.53. The quantitative estimate of drug-likeness (QED) is 0.749. The summed E-state index contributed by atoms with van der Waals surface area (Å²) in [6, 6.07) is 7.35. The summed E-state index contributed by atoms with van der Waals surface area (Å²) in [6.45, 7) is 1.82. The van der Waals surface area contributed by atoms with E-state index in [4.69, 9.17) is 15.2 Å². The van der Waals surface area contributed by atoms with E-state index in [9.17, 15) is 9.59 Å². The average molecular weight is 349 g/mol. The molecule has 0 unspecified atom stereocenters. The zero-order chi connectivity index (χ0) is 18.3. The highest BCUT2D eigenvalue weighted by atomic mass is 16.5. The first-order chi connectivity index (χ1) is 12.0. The molecule has 0 aromatic heterocycles. The number of nitrogens with one attached hydrogen (secondary N) is 1. The molecule has 7 heteroatoms. The van der Waals surface area contributed by atoms with E-state index in [1.807, 2.05) is 18.2 Å². The molecule has 1 aliphatic rings. The minimum atomic E-state index is -0.537. The molecule has 0 saturated carbocycles. The lowest BCUT2D eigenvalue weighted by Gasteiger charge is -2.34. The van der Waals surface area contributed by atoms with E-state index >= 15 is 0 Å². The Bertz CT molecular complexity index is 598. The van der Waals surface area contributed by atoms with E-state index in [0.717, 1.165) is 5.56 Å². The van der Waals surface area contributed by atoms with Crippen molar-refractivity contribution in [3.63, 3.8) is 0 Å². The van der Waals surface area contributed by atoms with E-state index in [1.165, 1.54) is 4.90 Å². The number of carbonyl (C=O) groups is 2. The Morgan fingerprint density at radius 3 is 2.68 bits per heavy atom. The van der Waals surface area contributed by atoms with Crippen LogP contribution < -0.4 is 15.8 Å². The molecule has 1 saturated heterocycles. The normalized spacial score (nSPS) is 16.1. The summed E-state index contributed by atoms with van der Waals surface area (Å²) in [6.07, 6.45) is 1.29. The highest BCUT2D eigenvalue weighted by Crippen LogP contribution is 2.29. The summed E-state index contributed by atoms with van der Waals surface area (Å²) in [4.78, 5) is 25.6. The second-order valence-corrected chi connectivity index (χ2v) is 6.50. The first-order valence-corrected chi connectivity index (χ1v) is 8.45. The minimum absolute atomic E-state index is 0.0148. The Labute approximate surface area is 148 Å². The van der Waals surface area contributed by atoms with Crippen molar-refractivity contribution in [3.8, 4) is 5.75 Å². The van der Waals surface area contributed by atoms with Crippen LogP contribution in [0.25, 0.3) is 0 Å². The van der Waals surface area contributed by atoms with E-state index < -0.39 is 5.41 Å². The van der Waals surface area contributed by atoms with Crippen molar-refractivity contribution in [1.82, 2.24) is 10.2 Å². The van der Waals surface area contributed by atoms with Crippen LogP contribution in [0.3, 0.4) is 0 Å². The molecule has 2 rings (SSSR count). The SMILES string of the molecule is CN(C)C(=O)COc1cccc(CNC(=O)C2(CN)CCOCC2)c1. The van der Waals surface area contributed by atoms with Crippen LogP contribution in [0, 0.1) is 5.41 Å². The predicted molar refractivity (Wildman–Crippen MR) is 94.0 cm³/mol. The Balaban J connectivity index is 1.91. The predicted octanol–water partition coefficient (Wildman–Crippen LogP) is 0.525. The molecule has 25 heavy (non-hydrogen) atoms. The molecule has 1 aromatic carbocycles. The fourth-order valence-corrected chi connectivity index (χ4v) is 2.68. The van der Waals surface area contributed by atoms with Crippen LogP contribution in [0.15, 0.2) is 24.3 Å². The number of hydrogen-bond acceptors (Lipinski definition) is 5. The fraction of sp³-hybridized carbons (Fsp3) is 0.556. The first-order valence-electron chi connectivity index (χ1n) is 8.45. The standard InChI is InChI=1S/C18H27N3O4/c1-21(2)16(22)12-25-15-5-3-4-14(10-15)11-20-17(23)18(13-19)6-8-24-9-7-18/h3-5,10H,6-9,11-13,19H2,1-2H3,(H,20,23). The summed E-state index contributed by atoms with van der Waals surface area (Å²) in [5, 5.41) is 2.97. The van der Waals surface area contributed by atoms with Gasteiger partial charge in [0.25, 0.3) is 5.91 Å². The van der Waals surface area contributed by atoms with Gasteiger partial charge in [-0.3, -0.25) is 9.59 Å². The van der Waals surface area contributed by atoms with Crippen LogP contribution >= 0.6 is 0 Å². The number of nitrogens with two attached hydrogens (primary N) is 1. The van der Waals surface area contributed by atoms with Crippen LogP contribution in [-0.4, -0.2) is 57.2 Å². The van der Waals surface area contributed by atoms with Crippen molar-refractivity contribution in [2.75, 3.05) is 40.5 Å². The van der Waals surface area contributed by atoms with E-state index in [0.29, 0.717) is 44.9 Å². The molecule has 0 bridgehead atoms. The summed E-state index contributed by atoms with van der Waals surface area (Å²) in [5.74, 6) is 0.456. The van der Waals surface area contributed by atoms with Gasteiger partial charge in [-0.15, -0.1) is 0 Å². The molecule has 7 nitrogen and oxygen atoms in total. The largest absolute Gasteiger partial charge is 0.484 e. The van der Waals surface area contributed by atoms with Crippen LogP contribution in [-0.2, 0) is 20.9 Å². The summed E-state index contributed by atoms with van der Waals surface area (Å²) in [5.41, 5.74) is 6.22. The number of benzene rings is 1. The summed E-state index contributed by atoms with van der Waals surface area (Å²) >= 11 is 0. The monoisotopic (exact) mass is 349 g/mol. The fourth-order valence-electron chi connectivity index (χ4n) is 2.68. The molecule has 0 aliphatic carbocycles. The molecule has 1 aromatic rings. The maximum absolute atomic E-state index is 12.6. The summed E-state index contributed by atoms with van der Waals surface area (Å²) < 4.78 is 10.8. The van der Waals surface area contributed by atoms with Crippen molar-refractivity contribution >= 4 is 11.8 Å². The second-order valence-electron chi connectivity index (χ2n) is 6.50. The molecule has 0 radical (unpaired) electrons. The zero-order valence-electron chi connectivity index (χ0n) is 14.9. The van der Waals surface area contributed by atoms with Crippen molar-refractivity contribution in [2.24, 2.45) is 11.1 Å². The van der Waals surface area contributed by atoms with Gasteiger partial charge in [0.15, 0.2) is 6.61 Å². The third kappa shape index (κ3) is 5.17. The number of nitrogens with zero attached hydrogens (tertiary/aromatic N) is 1. The smallest absolute Gasteiger partial charge is 0.259 e. The highest BCUT2D eigenvalue weighted by Gasteiger charge is 2.38. The van der Waals surface area contributed by atoms with Gasteiger partial charge in [0.05, 0.1) is 5.41 Å². The Hall–Kier alpha value is -2.12. The van der Waals surface area contributed by atoms with Gasteiger partial charge in [0, 0.05) is 40.4 Å². The van der Waals surface area contributed by atoms with E-state index in [-0.39, 0.29) is 18.4 Å². The highest BCUT2D eigenvalue weighted by molar-refractivity contribution is 5.83. The average Bonchev–Trinajstić information content (AvgIpc) is 2.64. The van der Waals surface area contributed by atoms with Crippen molar-refractivity contribution < 1.29 is 19.1 Å². The van der Waals surface area contributed by atoms with Gasteiger partial charge < -0.3 is 25.4 Å². The first kappa shape index (κ1) is 19.2. The molecular weight excluding hydrogens is 322 g/mol. The van der Waals surface area contributed by atoms with Crippen LogP contribution in [0.2, 0.25) is 0 Å².